The van der Waals surface area contributed by atoms with Crippen LogP contribution in [0.25, 0.3) is 0 Å². The van der Waals surface area contributed by atoms with Gasteiger partial charge in [-0.1, -0.05) is 44.0 Å². The van der Waals surface area contributed by atoms with Gasteiger partial charge in [0.2, 0.25) is 0 Å². The van der Waals surface area contributed by atoms with E-state index in [1.165, 1.54) is 0 Å². The summed E-state index contributed by atoms with van der Waals surface area (Å²) >= 11 is 6.78. The zero-order valence-corrected chi connectivity index (χ0v) is 12.8. The largest absolute Gasteiger partial charge is 0.497 e. The second kappa shape index (κ2) is 5.67. The van der Waals surface area contributed by atoms with Crippen molar-refractivity contribution < 1.29 is 9.53 Å². The number of ether oxygens (including phenoxy) is 1. The SMILES string of the molecule is COc1ccc(Br)c(C(=O)c2ccccc2Br)c1. The minimum atomic E-state index is -0.0479. The van der Waals surface area contributed by atoms with Gasteiger partial charge in [0.25, 0.3) is 0 Å². The Bertz CT molecular complexity index is 594. The minimum absolute atomic E-state index is 0.0479. The molecule has 0 amide bonds. The lowest BCUT2D eigenvalue weighted by Crippen LogP contribution is -2.03. The molecule has 0 saturated heterocycles. The first-order chi connectivity index (χ1) is 8.63. The van der Waals surface area contributed by atoms with Crippen molar-refractivity contribution in [1.82, 2.24) is 0 Å². The van der Waals surface area contributed by atoms with Gasteiger partial charge >= 0.3 is 0 Å². The minimum Gasteiger partial charge on any atom is -0.497 e. The maximum absolute atomic E-state index is 12.4. The molecule has 2 aromatic rings. The number of hydrogen-bond acceptors (Lipinski definition) is 2. The second-order valence-electron chi connectivity index (χ2n) is 3.65. The second-order valence-corrected chi connectivity index (χ2v) is 5.36. The van der Waals surface area contributed by atoms with Crippen molar-refractivity contribution >= 4 is 37.6 Å². The molecule has 0 aliphatic heterocycles. The van der Waals surface area contributed by atoms with Gasteiger partial charge in [0.15, 0.2) is 5.78 Å². The maximum Gasteiger partial charge on any atom is 0.195 e. The van der Waals surface area contributed by atoms with E-state index in [1.54, 1.807) is 25.3 Å². The highest BCUT2D eigenvalue weighted by molar-refractivity contribution is 9.10. The summed E-state index contributed by atoms with van der Waals surface area (Å²) in [5, 5.41) is 0. The Balaban J connectivity index is 2.49. The Hall–Kier alpha value is -1.13. The standard InChI is InChI=1S/C14H10Br2O2/c1-18-9-6-7-13(16)11(8-9)14(17)10-4-2-3-5-12(10)15/h2-8H,1H3. The van der Waals surface area contributed by atoms with E-state index in [0.29, 0.717) is 16.9 Å². The van der Waals surface area contributed by atoms with Crippen LogP contribution in [-0.2, 0) is 0 Å². The molecule has 0 unspecified atom stereocenters. The molecule has 0 bridgehead atoms. The van der Waals surface area contributed by atoms with E-state index in [9.17, 15) is 4.79 Å². The van der Waals surface area contributed by atoms with Crippen LogP contribution < -0.4 is 4.74 Å². The zero-order chi connectivity index (χ0) is 13.1. The van der Waals surface area contributed by atoms with Crippen molar-refractivity contribution in [1.29, 1.82) is 0 Å². The van der Waals surface area contributed by atoms with Crippen LogP contribution >= 0.6 is 31.9 Å². The fourth-order valence-corrected chi connectivity index (χ4v) is 2.49. The highest BCUT2D eigenvalue weighted by Gasteiger charge is 2.15. The van der Waals surface area contributed by atoms with Crippen LogP contribution in [0.5, 0.6) is 5.75 Å². The van der Waals surface area contributed by atoms with E-state index in [0.717, 1.165) is 8.95 Å². The van der Waals surface area contributed by atoms with Crippen LogP contribution in [0.4, 0.5) is 0 Å². The van der Waals surface area contributed by atoms with Gasteiger partial charge in [-0.2, -0.15) is 0 Å². The summed E-state index contributed by atoms with van der Waals surface area (Å²) in [5.74, 6) is 0.613. The fraction of sp³-hybridized carbons (Fsp3) is 0.0714. The predicted octanol–water partition coefficient (Wildman–Crippen LogP) is 4.45. The quantitative estimate of drug-likeness (QED) is 0.747. The highest BCUT2D eigenvalue weighted by atomic mass is 79.9. The van der Waals surface area contributed by atoms with Gasteiger partial charge in [0.1, 0.15) is 5.75 Å². The summed E-state index contributed by atoms with van der Waals surface area (Å²) in [7, 11) is 1.58. The summed E-state index contributed by atoms with van der Waals surface area (Å²) in [6.45, 7) is 0. The molecule has 0 spiro atoms. The summed E-state index contributed by atoms with van der Waals surface area (Å²) in [4.78, 5) is 12.4. The van der Waals surface area contributed by atoms with Gasteiger partial charge in [-0.25, -0.2) is 0 Å². The van der Waals surface area contributed by atoms with Gasteiger partial charge in [-0.3, -0.25) is 4.79 Å². The lowest BCUT2D eigenvalue weighted by molar-refractivity contribution is 0.103. The van der Waals surface area contributed by atoms with Gasteiger partial charge in [-0.05, 0) is 30.3 Å². The molecular formula is C14H10Br2O2. The van der Waals surface area contributed by atoms with Gasteiger partial charge in [-0.15, -0.1) is 0 Å². The smallest absolute Gasteiger partial charge is 0.195 e. The molecule has 0 N–H and O–H groups in total. The molecule has 0 heterocycles. The van der Waals surface area contributed by atoms with Gasteiger partial charge in [0, 0.05) is 20.1 Å². The van der Waals surface area contributed by atoms with Gasteiger partial charge in [0.05, 0.1) is 7.11 Å². The number of methoxy groups -OCH3 is 1. The summed E-state index contributed by atoms with van der Waals surface area (Å²) < 4.78 is 6.68. The third kappa shape index (κ3) is 2.65. The van der Waals surface area contributed by atoms with Crippen molar-refractivity contribution in [2.75, 3.05) is 7.11 Å². The van der Waals surface area contributed by atoms with Crippen LogP contribution in [0.2, 0.25) is 0 Å². The molecule has 92 valence electrons. The number of carbonyl (C=O) groups is 1. The molecule has 2 nitrogen and oxygen atoms in total. The lowest BCUT2D eigenvalue weighted by atomic mass is 10.0. The average molecular weight is 370 g/mol. The number of ketones is 1. The molecule has 2 rings (SSSR count). The molecule has 0 radical (unpaired) electrons. The molecule has 0 saturated carbocycles. The number of hydrogen-bond donors (Lipinski definition) is 0. The lowest BCUT2D eigenvalue weighted by Gasteiger charge is -2.08. The van der Waals surface area contributed by atoms with Crippen molar-refractivity contribution in [3.63, 3.8) is 0 Å². The van der Waals surface area contributed by atoms with Gasteiger partial charge < -0.3 is 4.74 Å². The Morgan fingerprint density at radius 2 is 1.67 bits per heavy atom. The molecule has 2 aromatic carbocycles. The maximum atomic E-state index is 12.4. The molecule has 0 atom stereocenters. The average Bonchev–Trinajstić information content (AvgIpc) is 2.39. The van der Waals surface area contributed by atoms with E-state index >= 15 is 0 Å². The van der Waals surface area contributed by atoms with Crippen LogP contribution in [0.15, 0.2) is 51.4 Å². The molecule has 0 aromatic heterocycles. The van der Waals surface area contributed by atoms with Crippen LogP contribution in [-0.4, -0.2) is 12.9 Å². The topological polar surface area (TPSA) is 26.3 Å². The van der Waals surface area contributed by atoms with Crippen LogP contribution in [0, 0.1) is 0 Å². The van der Waals surface area contributed by atoms with Crippen molar-refractivity contribution in [3.8, 4) is 5.75 Å². The highest BCUT2D eigenvalue weighted by Crippen LogP contribution is 2.27. The fourth-order valence-electron chi connectivity index (χ4n) is 1.60. The predicted molar refractivity (Wildman–Crippen MR) is 78.3 cm³/mol. The Morgan fingerprint density at radius 1 is 1.00 bits per heavy atom. The molecule has 0 fully saturated rings. The number of benzene rings is 2. The van der Waals surface area contributed by atoms with Crippen LogP contribution in [0.1, 0.15) is 15.9 Å². The molecule has 0 aliphatic carbocycles. The van der Waals surface area contributed by atoms with E-state index in [-0.39, 0.29) is 5.78 Å². The van der Waals surface area contributed by atoms with E-state index in [2.05, 4.69) is 31.9 Å². The molecule has 18 heavy (non-hydrogen) atoms. The summed E-state index contributed by atoms with van der Waals surface area (Å²) in [6.07, 6.45) is 0. The van der Waals surface area contributed by atoms with Crippen molar-refractivity contribution in [3.05, 3.63) is 62.5 Å². The van der Waals surface area contributed by atoms with E-state index in [1.807, 2.05) is 24.3 Å². The number of rotatable bonds is 3. The van der Waals surface area contributed by atoms with Crippen molar-refractivity contribution in [2.24, 2.45) is 0 Å². The molecule has 4 heteroatoms. The van der Waals surface area contributed by atoms with Crippen LogP contribution in [0.3, 0.4) is 0 Å². The first-order valence-electron chi connectivity index (χ1n) is 5.26. The van der Waals surface area contributed by atoms with Crippen molar-refractivity contribution in [2.45, 2.75) is 0 Å². The summed E-state index contributed by atoms with van der Waals surface area (Å²) in [6, 6.07) is 12.7. The Kier molecular flexibility index (Phi) is 4.19. The normalized spacial score (nSPS) is 10.2. The van der Waals surface area contributed by atoms with E-state index in [4.69, 9.17) is 4.74 Å². The molecular weight excluding hydrogens is 360 g/mol. The molecule has 0 aliphatic rings. The third-order valence-corrected chi connectivity index (χ3v) is 3.92. The first-order valence-corrected chi connectivity index (χ1v) is 6.85. The monoisotopic (exact) mass is 368 g/mol. The Labute approximate surface area is 122 Å². The zero-order valence-electron chi connectivity index (χ0n) is 9.61. The number of carbonyl (C=O) groups excluding carboxylic acids is 1. The third-order valence-electron chi connectivity index (χ3n) is 2.54. The number of halogens is 2. The summed E-state index contributed by atoms with van der Waals surface area (Å²) in [5.41, 5.74) is 1.22. The van der Waals surface area contributed by atoms with E-state index < -0.39 is 0 Å². The first kappa shape index (κ1) is 13.3. The Morgan fingerprint density at radius 3 is 2.33 bits per heavy atom.